The van der Waals surface area contributed by atoms with Gasteiger partial charge in [-0.15, -0.1) is 0 Å². The number of anilines is 1. The van der Waals surface area contributed by atoms with Crippen LogP contribution in [-0.2, 0) is 9.53 Å². The molecule has 1 amide bonds. The number of carbonyl (C=O) groups excluding carboxylic acids is 2. The number of hydrogen-bond donors (Lipinski definition) is 1. The van der Waals surface area contributed by atoms with Crippen LogP contribution in [0.15, 0.2) is 42.5 Å². The van der Waals surface area contributed by atoms with Crippen LogP contribution in [0.1, 0.15) is 17.3 Å². The maximum Gasteiger partial charge on any atom is 0.341 e. The van der Waals surface area contributed by atoms with E-state index in [1.165, 1.54) is 43.3 Å². The van der Waals surface area contributed by atoms with Gasteiger partial charge in [0, 0.05) is 15.7 Å². The number of carbonyl (C=O) groups is 2. The normalized spacial score (nSPS) is 11.7. The van der Waals surface area contributed by atoms with E-state index in [-0.39, 0.29) is 5.56 Å². The topological polar surface area (TPSA) is 55.4 Å². The molecular formula is C16H12Cl2FNO3. The van der Waals surface area contributed by atoms with Gasteiger partial charge in [-0.05, 0) is 37.3 Å². The Kier molecular flexibility index (Phi) is 5.58. The van der Waals surface area contributed by atoms with E-state index >= 15 is 0 Å². The minimum absolute atomic E-state index is 0.238. The van der Waals surface area contributed by atoms with Crippen LogP contribution in [0.25, 0.3) is 0 Å². The average molecular weight is 356 g/mol. The Balaban J connectivity index is 2.02. The van der Waals surface area contributed by atoms with Gasteiger partial charge in [0.15, 0.2) is 6.10 Å². The zero-order chi connectivity index (χ0) is 17.0. The van der Waals surface area contributed by atoms with Crippen LogP contribution >= 0.6 is 23.2 Å². The molecule has 2 rings (SSSR count). The molecule has 120 valence electrons. The Morgan fingerprint density at radius 3 is 2.35 bits per heavy atom. The highest BCUT2D eigenvalue weighted by Gasteiger charge is 2.21. The predicted molar refractivity (Wildman–Crippen MR) is 86.4 cm³/mol. The zero-order valence-electron chi connectivity index (χ0n) is 12.0. The summed E-state index contributed by atoms with van der Waals surface area (Å²) in [5.74, 6) is -2.23. The first-order valence-corrected chi connectivity index (χ1v) is 7.35. The molecule has 1 unspecified atom stereocenters. The highest BCUT2D eigenvalue weighted by atomic mass is 35.5. The molecule has 0 aliphatic carbocycles. The molecule has 0 bridgehead atoms. The van der Waals surface area contributed by atoms with Crippen LogP contribution in [0.5, 0.6) is 0 Å². The van der Waals surface area contributed by atoms with Crippen molar-refractivity contribution in [2.24, 2.45) is 0 Å². The number of esters is 1. The molecule has 0 aliphatic rings. The van der Waals surface area contributed by atoms with E-state index in [1.54, 1.807) is 0 Å². The molecule has 0 fully saturated rings. The van der Waals surface area contributed by atoms with Crippen molar-refractivity contribution in [2.75, 3.05) is 5.32 Å². The lowest BCUT2D eigenvalue weighted by Gasteiger charge is -2.14. The van der Waals surface area contributed by atoms with Gasteiger partial charge in [0.1, 0.15) is 5.82 Å². The van der Waals surface area contributed by atoms with Crippen molar-refractivity contribution in [3.05, 3.63) is 63.9 Å². The van der Waals surface area contributed by atoms with Crippen LogP contribution < -0.4 is 5.32 Å². The third-order valence-corrected chi connectivity index (χ3v) is 3.31. The van der Waals surface area contributed by atoms with Crippen LogP contribution in [0.4, 0.5) is 10.1 Å². The summed E-state index contributed by atoms with van der Waals surface area (Å²) in [7, 11) is 0. The molecule has 1 N–H and O–H groups in total. The lowest BCUT2D eigenvalue weighted by Crippen LogP contribution is -2.30. The molecule has 1 atom stereocenters. The van der Waals surface area contributed by atoms with E-state index in [2.05, 4.69) is 5.32 Å². The fourth-order valence-corrected chi connectivity index (χ4v) is 2.30. The molecule has 0 heterocycles. The number of amides is 1. The molecule has 0 aliphatic heterocycles. The van der Waals surface area contributed by atoms with Gasteiger partial charge in [-0.3, -0.25) is 4.79 Å². The Labute approximate surface area is 142 Å². The Morgan fingerprint density at radius 2 is 1.74 bits per heavy atom. The summed E-state index contributed by atoms with van der Waals surface area (Å²) in [6.07, 6.45) is -1.13. The van der Waals surface area contributed by atoms with Crippen molar-refractivity contribution in [1.29, 1.82) is 0 Å². The average Bonchev–Trinajstić information content (AvgIpc) is 2.46. The summed E-state index contributed by atoms with van der Waals surface area (Å²) >= 11 is 11.7. The molecular weight excluding hydrogens is 344 g/mol. The largest absolute Gasteiger partial charge is 0.449 e. The second-order valence-electron chi connectivity index (χ2n) is 4.67. The van der Waals surface area contributed by atoms with Gasteiger partial charge in [0.2, 0.25) is 0 Å². The van der Waals surface area contributed by atoms with Gasteiger partial charge >= 0.3 is 5.97 Å². The number of halogens is 3. The highest BCUT2D eigenvalue weighted by Crippen LogP contribution is 2.22. The number of nitrogens with one attached hydrogen (secondary N) is 1. The summed E-state index contributed by atoms with van der Waals surface area (Å²) < 4.78 is 18.5. The van der Waals surface area contributed by atoms with E-state index < -0.39 is 23.8 Å². The van der Waals surface area contributed by atoms with Crippen molar-refractivity contribution in [3.63, 3.8) is 0 Å². The third-order valence-electron chi connectivity index (χ3n) is 2.88. The first kappa shape index (κ1) is 17.2. The minimum atomic E-state index is -1.13. The van der Waals surface area contributed by atoms with Crippen LogP contribution in [0.3, 0.4) is 0 Å². The van der Waals surface area contributed by atoms with E-state index in [1.807, 2.05) is 0 Å². The molecule has 4 nitrogen and oxygen atoms in total. The van der Waals surface area contributed by atoms with Gasteiger partial charge < -0.3 is 10.1 Å². The van der Waals surface area contributed by atoms with Gasteiger partial charge in [0.25, 0.3) is 5.91 Å². The van der Waals surface area contributed by atoms with Gasteiger partial charge in [-0.1, -0.05) is 35.3 Å². The highest BCUT2D eigenvalue weighted by molar-refractivity contribution is 6.35. The zero-order valence-corrected chi connectivity index (χ0v) is 13.5. The van der Waals surface area contributed by atoms with E-state index in [0.29, 0.717) is 15.7 Å². The number of benzene rings is 2. The lowest BCUT2D eigenvalue weighted by atomic mass is 10.2. The Morgan fingerprint density at radius 1 is 1.13 bits per heavy atom. The fraction of sp³-hybridized carbons (Fsp3) is 0.125. The van der Waals surface area contributed by atoms with Crippen molar-refractivity contribution in [3.8, 4) is 0 Å². The third kappa shape index (κ3) is 4.68. The smallest absolute Gasteiger partial charge is 0.341 e. The summed E-state index contributed by atoms with van der Waals surface area (Å²) in [4.78, 5) is 23.9. The van der Waals surface area contributed by atoms with Crippen molar-refractivity contribution >= 4 is 40.8 Å². The Hall–Kier alpha value is -2.11. The fourth-order valence-electron chi connectivity index (χ4n) is 1.77. The molecule has 0 saturated heterocycles. The molecule has 2 aromatic rings. The summed E-state index contributed by atoms with van der Waals surface area (Å²) in [5, 5.41) is 3.22. The number of hydrogen-bond acceptors (Lipinski definition) is 3. The van der Waals surface area contributed by atoms with Crippen molar-refractivity contribution in [2.45, 2.75) is 13.0 Å². The van der Waals surface area contributed by atoms with Gasteiger partial charge in [-0.25, -0.2) is 9.18 Å². The van der Waals surface area contributed by atoms with E-state index in [4.69, 9.17) is 27.9 Å². The summed E-state index contributed by atoms with van der Waals surface area (Å²) in [6, 6.07) is 9.87. The second kappa shape index (κ2) is 7.44. The van der Waals surface area contributed by atoms with Crippen molar-refractivity contribution in [1.82, 2.24) is 0 Å². The monoisotopic (exact) mass is 355 g/mol. The van der Waals surface area contributed by atoms with Crippen LogP contribution in [0.2, 0.25) is 10.0 Å². The first-order valence-electron chi connectivity index (χ1n) is 6.59. The van der Waals surface area contributed by atoms with Crippen LogP contribution in [0, 0.1) is 5.82 Å². The van der Waals surface area contributed by atoms with Gasteiger partial charge in [0.05, 0.1) is 5.56 Å². The maximum absolute atomic E-state index is 13.5. The van der Waals surface area contributed by atoms with Crippen molar-refractivity contribution < 1.29 is 18.7 Å². The second-order valence-corrected chi connectivity index (χ2v) is 5.55. The summed E-state index contributed by atoms with van der Waals surface area (Å²) in [5.41, 5.74) is 0.124. The number of rotatable bonds is 4. The first-order chi connectivity index (χ1) is 10.9. The van der Waals surface area contributed by atoms with E-state index in [0.717, 1.165) is 6.07 Å². The minimum Gasteiger partial charge on any atom is -0.449 e. The summed E-state index contributed by atoms with van der Waals surface area (Å²) in [6.45, 7) is 1.38. The molecule has 0 saturated carbocycles. The predicted octanol–water partition coefficient (Wildman–Crippen LogP) is 4.32. The van der Waals surface area contributed by atoms with E-state index in [9.17, 15) is 14.0 Å². The molecule has 0 radical (unpaired) electrons. The maximum atomic E-state index is 13.5. The van der Waals surface area contributed by atoms with Crippen LogP contribution in [-0.4, -0.2) is 18.0 Å². The SMILES string of the molecule is CC(OC(=O)c1ccccc1F)C(=O)Nc1cc(Cl)cc(Cl)c1. The number of ether oxygens (including phenoxy) is 1. The molecule has 7 heteroatoms. The lowest BCUT2D eigenvalue weighted by molar-refractivity contribution is -0.123. The standard InChI is InChI=1S/C16H12Cl2FNO3/c1-9(23-16(22)13-4-2-3-5-14(13)19)15(21)20-12-7-10(17)6-11(18)8-12/h2-9H,1H3,(H,20,21). The van der Waals surface area contributed by atoms with Gasteiger partial charge in [-0.2, -0.15) is 0 Å². The quantitative estimate of drug-likeness (QED) is 0.831. The molecule has 2 aromatic carbocycles. The molecule has 23 heavy (non-hydrogen) atoms. The molecule has 0 spiro atoms. The molecule has 0 aromatic heterocycles. The Bertz CT molecular complexity index is 732.